The zero-order valence-electron chi connectivity index (χ0n) is 15.1. The molecule has 0 aliphatic rings. The summed E-state index contributed by atoms with van der Waals surface area (Å²) < 4.78 is 5.17. The van der Waals surface area contributed by atoms with Crippen LogP contribution in [-0.2, 0) is 13.0 Å². The first-order valence-electron chi connectivity index (χ1n) is 8.24. The van der Waals surface area contributed by atoms with Crippen LogP contribution in [0.25, 0.3) is 0 Å². The molecule has 0 saturated carbocycles. The van der Waals surface area contributed by atoms with E-state index in [1.54, 1.807) is 25.5 Å². The number of rotatable bonds is 7. The lowest BCUT2D eigenvalue weighted by Crippen LogP contribution is -2.37. The number of methoxy groups -OCH3 is 1. The van der Waals surface area contributed by atoms with E-state index in [1.807, 2.05) is 18.2 Å². The van der Waals surface area contributed by atoms with Crippen LogP contribution >= 0.6 is 22.9 Å². The second-order valence-electron chi connectivity index (χ2n) is 5.88. The Morgan fingerprint density at radius 3 is 2.76 bits per heavy atom. The highest BCUT2D eigenvalue weighted by Crippen LogP contribution is 2.22. The molecule has 0 unspecified atom stereocenters. The summed E-state index contributed by atoms with van der Waals surface area (Å²) in [6.45, 7) is 5.70. The lowest BCUT2D eigenvalue weighted by Gasteiger charge is -2.12. The van der Waals surface area contributed by atoms with E-state index < -0.39 is 0 Å². The molecule has 0 aliphatic carbocycles. The maximum atomic E-state index is 6.27. The molecule has 0 spiro atoms. The summed E-state index contributed by atoms with van der Waals surface area (Å²) in [5.74, 6) is 1.98. The Balaban J connectivity index is 1.80. The summed E-state index contributed by atoms with van der Waals surface area (Å²) >= 11 is 7.94. The molecule has 0 radical (unpaired) electrons. The third-order valence-electron chi connectivity index (χ3n) is 3.74. The van der Waals surface area contributed by atoms with Crippen molar-refractivity contribution < 1.29 is 4.74 Å². The van der Waals surface area contributed by atoms with Crippen molar-refractivity contribution in [3.8, 4) is 5.75 Å². The molecule has 0 aliphatic heterocycles. The topological polar surface area (TPSA) is 58.5 Å². The summed E-state index contributed by atoms with van der Waals surface area (Å²) in [7, 11) is 3.40. The molecule has 136 valence electrons. The number of aliphatic imine (C=N–C) groups is 1. The quantitative estimate of drug-likeness (QED) is 0.566. The number of halogens is 1. The minimum Gasteiger partial charge on any atom is -0.497 e. The summed E-state index contributed by atoms with van der Waals surface area (Å²) in [4.78, 5) is 8.86. The van der Waals surface area contributed by atoms with Crippen LogP contribution < -0.4 is 15.4 Å². The van der Waals surface area contributed by atoms with Gasteiger partial charge in [-0.1, -0.05) is 31.5 Å². The van der Waals surface area contributed by atoms with Gasteiger partial charge in [-0.3, -0.25) is 4.99 Å². The molecule has 0 atom stereocenters. The second-order valence-corrected chi connectivity index (χ2v) is 7.23. The number of hydrogen-bond donors (Lipinski definition) is 2. The van der Waals surface area contributed by atoms with Crippen LogP contribution in [-0.4, -0.2) is 31.6 Å². The Kier molecular flexibility index (Phi) is 7.52. The first-order valence-corrected chi connectivity index (χ1v) is 9.50. The molecule has 25 heavy (non-hydrogen) atoms. The van der Waals surface area contributed by atoms with Gasteiger partial charge in [-0.05, 0) is 30.0 Å². The van der Waals surface area contributed by atoms with E-state index >= 15 is 0 Å². The smallest absolute Gasteiger partial charge is 0.191 e. The van der Waals surface area contributed by atoms with E-state index in [0.717, 1.165) is 40.9 Å². The van der Waals surface area contributed by atoms with Crippen molar-refractivity contribution in [1.82, 2.24) is 15.6 Å². The van der Waals surface area contributed by atoms with E-state index in [4.69, 9.17) is 16.3 Å². The first-order chi connectivity index (χ1) is 12.0. The SMILES string of the molecule is CN=C(NCCc1ccc(OC)cc1Cl)NCc1nc(C(C)C)cs1. The van der Waals surface area contributed by atoms with Crippen LogP contribution in [0.4, 0.5) is 0 Å². The van der Waals surface area contributed by atoms with E-state index in [9.17, 15) is 0 Å². The number of aromatic nitrogens is 1. The molecule has 2 aromatic rings. The minimum atomic E-state index is 0.455. The molecule has 2 N–H and O–H groups in total. The van der Waals surface area contributed by atoms with Gasteiger partial charge in [-0.2, -0.15) is 0 Å². The molecular formula is C18H25ClN4OS. The molecule has 7 heteroatoms. The lowest BCUT2D eigenvalue weighted by atomic mass is 10.1. The van der Waals surface area contributed by atoms with Crippen LogP contribution in [0, 0.1) is 0 Å². The number of nitrogens with zero attached hydrogens (tertiary/aromatic N) is 2. The average molecular weight is 381 g/mol. The van der Waals surface area contributed by atoms with Crippen molar-refractivity contribution in [1.29, 1.82) is 0 Å². The normalized spacial score (nSPS) is 11.7. The number of hydrogen-bond acceptors (Lipinski definition) is 4. The Morgan fingerprint density at radius 2 is 2.16 bits per heavy atom. The monoisotopic (exact) mass is 380 g/mol. The number of thiazole rings is 1. The zero-order valence-corrected chi connectivity index (χ0v) is 16.7. The van der Waals surface area contributed by atoms with Crippen molar-refractivity contribution in [2.24, 2.45) is 4.99 Å². The highest BCUT2D eigenvalue weighted by Gasteiger charge is 2.07. The van der Waals surface area contributed by atoms with Crippen LogP contribution in [0.15, 0.2) is 28.6 Å². The average Bonchev–Trinajstić information content (AvgIpc) is 3.08. The van der Waals surface area contributed by atoms with Gasteiger partial charge in [0.2, 0.25) is 0 Å². The van der Waals surface area contributed by atoms with Gasteiger partial charge in [-0.25, -0.2) is 4.98 Å². The Labute approximate surface area is 158 Å². The largest absolute Gasteiger partial charge is 0.497 e. The standard InChI is InChI=1S/C18H25ClN4OS/c1-12(2)16-11-25-17(23-16)10-22-18(20-3)21-8-7-13-5-6-14(24-4)9-15(13)19/h5-6,9,11-12H,7-8,10H2,1-4H3,(H2,20,21,22). The molecule has 0 bridgehead atoms. The molecule has 2 rings (SSSR count). The second kappa shape index (κ2) is 9.63. The van der Waals surface area contributed by atoms with Gasteiger partial charge < -0.3 is 15.4 Å². The third kappa shape index (κ3) is 5.90. The summed E-state index contributed by atoms with van der Waals surface area (Å²) in [6, 6.07) is 5.74. The van der Waals surface area contributed by atoms with E-state index in [2.05, 4.69) is 39.8 Å². The molecule has 1 aromatic heterocycles. The summed E-state index contributed by atoms with van der Waals surface area (Å²) in [5.41, 5.74) is 2.21. The molecule has 0 amide bonds. The fraction of sp³-hybridized carbons (Fsp3) is 0.444. The van der Waals surface area contributed by atoms with E-state index in [-0.39, 0.29) is 0 Å². The van der Waals surface area contributed by atoms with Gasteiger partial charge in [0.15, 0.2) is 5.96 Å². The van der Waals surface area contributed by atoms with Crippen LogP contribution in [0.3, 0.4) is 0 Å². The van der Waals surface area contributed by atoms with Crippen molar-refractivity contribution in [2.45, 2.75) is 32.7 Å². The predicted molar refractivity (Wildman–Crippen MR) is 106 cm³/mol. The van der Waals surface area contributed by atoms with Crippen molar-refractivity contribution >= 4 is 28.9 Å². The van der Waals surface area contributed by atoms with Crippen molar-refractivity contribution in [2.75, 3.05) is 20.7 Å². The highest BCUT2D eigenvalue weighted by atomic mass is 35.5. The van der Waals surface area contributed by atoms with Crippen LogP contribution in [0.1, 0.15) is 36.0 Å². The van der Waals surface area contributed by atoms with Crippen LogP contribution in [0.5, 0.6) is 5.75 Å². The maximum Gasteiger partial charge on any atom is 0.191 e. The lowest BCUT2D eigenvalue weighted by molar-refractivity contribution is 0.414. The number of nitrogens with one attached hydrogen (secondary N) is 2. The molecule has 1 aromatic carbocycles. The predicted octanol–water partition coefficient (Wildman–Crippen LogP) is 3.84. The molecule has 0 fully saturated rings. The van der Waals surface area contributed by atoms with E-state index in [1.165, 1.54) is 0 Å². The minimum absolute atomic E-state index is 0.455. The Hall–Kier alpha value is -1.79. The number of ether oxygens (including phenoxy) is 1. The molecular weight excluding hydrogens is 356 g/mol. The van der Waals surface area contributed by atoms with Crippen molar-refractivity contribution in [3.05, 3.63) is 44.9 Å². The van der Waals surface area contributed by atoms with Gasteiger partial charge in [0.05, 0.1) is 19.3 Å². The fourth-order valence-corrected chi connectivity index (χ4v) is 3.39. The van der Waals surface area contributed by atoms with Crippen molar-refractivity contribution in [3.63, 3.8) is 0 Å². The Bertz CT molecular complexity index is 715. The third-order valence-corrected chi connectivity index (χ3v) is 4.96. The summed E-state index contributed by atoms with van der Waals surface area (Å²) in [6.07, 6.45) is 0.804. The first kappa shape index (κ1) is 19.5. The van der Waals surface area contributed by atoms with Gasteiger partial charge in [-0.15, -0.1) is 11.3 Å². The van der Waals surface area contributed by atoms with Gasteiger partial charge in [0, 0.05) is 24.0 Å². The number of benzene rings is 1. The van der Waals surface area contributed by atoms with Gasteiger partial charge in [0.1, 0.15) is 10.8 Å². The van der Waals surface area contributed by atoms with Crippen LogP contribution in [0.2, 0.25) is 5.02 Å². The molecule has 1 heterocycles. The molecule has 5 nitrogen and oxygen atoms in total. The van der Waals surface area contributed by atoms with Gasteiger partial charge in [0.25, 0.3) is 0 Å². The van der Waals surface area contributed by atoms with Gasteiger partial charge >= 0.3 is 0 Å². The highest BCUT2D eigenvalue weighted by molar-refractivity contribution is 7.09. The fourth-order valence-electron chi connectivity index (χ4n) is 2.22. The van der Waals surface area contributed by atoms with E-state index in [0.29, 0.717) is 17.5 Å². The zero-order chi connectivity index (χ0) is 18.2. The number of guanidine groups is 1. The molecule has 0 saturated heterocycles. The summed E-state index contributed by atoms with van der Waals surface area (Å²) in [5, 5.41) is 10.5. The maximum absolute atomic E-state index is 6.27. The Morgan fingerprint density at radius 1 is 1.36 bits per heavy atom.